The van der Waals surface area contributed by atoms with E-state index in [-0.39, 0.29) is 25.1 Å². The van der Waals surface area contributed by atoms with Crippen LogP contribution in [0.15, 0.2) is 59.4 Å². The third-order valence-corrected chi connectivity index (χ3v) is 8.46. The SMILES string of the molecule is COC(=O)[C@H](Cc1ccc(-c2c(C)cc(C)n(C)c2=O)c2ccccc12)NC(=O)c1c(F)cc(N2CCOC[C@@H]2C(F)(F)F)cc1F. The van der Waals surface area contributed by atoms with Gasteiger partial charge in [0.2, 0.25) is 0 Å². The van der Waals surface area contributed by atoms with Gasteiger partial charge in [0.15, 0.2) is 0 Å². The van der Waals surface area contributed by atoms with Crippen LogP contribution in [0.1, 0.15) is 27.2 Å². The second kappa shape index (κ2) is 13.1. The summed E-state index contributed by atoms with van der Waals surface area (Å²) in [5.74, 6) is -5.00. The van der Waals surface area contributed by atoms with Crippen LogP contribution in [0.5, 0.6) is 0 Å². The smallest absolute Gasteiger partial charge is 0.411 e. The van der Waals surface area contributed by atoms with Gasteiger partial charge in [-0.25, -0.2) is 13.6 Å². The molecule has 1 amide bonds. The second-order valence-corrected chi connectivity index (χ2v) is 11.4. The number of halogens is 5. The molecule has 0 unspecified atom stereocenters. The molecule has 1 aliphatic heterocycles. The summed E-state index contributed by atoms with van der Waals surface area (Å²) in [6.45, 7) is 2.60. The number of hydrogen-bond donors (Lipinski definition) is 1. The number of nitrogens with one attached hydrogen (secondary N) is 1. The number of alkyl halides is 3. The van der Waals surface area contributed by atoms with Crippen LogP contribution in [0.2, 0.25) is 0 Å². The Morgan fingerprint density at radius 2 is 1.70 bits per heavy atom. The first-order chi connectivity index (χ1) is 22.2. The van der Waals surface area contributed by atoms with Gasteiger partial charge in [0.05, 0.1) is 25.9 Å². The molecule has 47 heavy (non-hydrogen) atoms. The minimum atomic E-state index is -4.73. The second-order valence-electron chi connectivity index (χ2n) is 11.4. The van der Waals surface area contributed by atoms with Crippen molar-refractivity contribution in [2.75, 3.05) is 31.8 Å². The molecule has 8 nitrogen and oxygen atoms in total. The van der Waals surface area contributed by atoms with E-state index in [0.29, 0.717) is 39.6 Å². The van der Waals surface area contributed by atoms with Crippen LogP contribution in [0.4, 0.5) is 27.6 Å². The molecule has 0 spiro atoms. The summed E-state index contributed by atoms with van der Waals surface area (Å²) in [5, 5.41) is 3.70. The molecule has 2 atom stereocenters. The number of benzene rings is 3. The van der Waals surface area contributed by atoms with Crippen molar-refractivity contribution in [1.82, 2.24) is 9.88 Å². The summed E-state index contributed by atoms with van der Waals surface area (Å²) in [7, 11) is 2.77. The van der Waals surface area contributed by atoms with Crippen LogP contribution in [-0.2, 0) is 27.7 Å². The standard InChI is InChI=1S/C34H32F5N3O5/c1-18-13-19(2)41(3)32(44)29(18)24-10-9-20(22-7-5-6-8-23(22)24)14-27(33(45)46-4)40-31(43)30-25(35)15-21(16-26(30)36)42-11-12-47-17-28(42)34(37,38)39/h5-10,13,15-16,27-28H,11-12,14,17H2,1-4H3,(H,40,43)/t27-,28+/m0/s1. The molecule has 0 aliphatic carbocycles. The van der Waals surface area contributed by atoms with Gasteiger partial charge in [0, 0.05) is 31.4 Å². The maximum atomic E-state index is 15.2. The number of aryl methyl sites for hydroxylation is 2. The molecule has 248 valence electrons. The number of nitrogens with zero attached hydrogens (tertiary/aromatic N) is 2. The third-order valence-electron chi connectivity index (χ3n) is 8.46. The Hall–Kier alpha value is -4.78. The lowest BCUT2D eigenvalue weighted by molar-refractivity contribution is -0.167. The maximum absolute atomic E-state index is 15.2. The van der Waals surface area contributed by atoms with Crippen LogP contribution in [0.25, 0.3) is 21.9 Å². The molecule has 1 aromatic heterocycles. The average Bonchev–Trinajstić information content (AvgIpc) is 3.03. The number of pyridine rings is 1. The van der Waals surface area contributed by atoms with Crippen molar-refractivity contribution in [2.24, 2.45) is 7.05 Å². The number of methoxy groups -OCH3 is 1. The first-order valence-corrected chi connectivity index (χ1v) is 14.7. The lowest BCUT2D eigenvalue weighted by Crippen LogP contribution is -2.53. The number of fused-ring (bicyclic) bond motifs is 1. The Balaban J connectivity index is 1.47. The molecule has 0 bridgehead atoms. The predicted molar refractivity (Wildman–Crippen MR) is 165 cm³/mol. The van der Waals surface area contributed by atoms with Crippen LogP contribution >= 0.6 is 0 Å². The van der Waals surface area contributed by atoms with E-state index in [4.69, 9.17) is 9.47 Å². The summed E-state index contributed by atoms with van der Waals surface area (Å²) in [5.41, 5.74) is 1.66. The van der Waals surface area contributed by atoms with E-state index in [2.05, 4.69) is 5.32 Å². The van der Waals surface area contributed by atoms with Gasteiger partial charge in [-0.1, -0.05) is 36.4 Å². The summed E-state index contributed by atoms with van der Waals surface area (Å²) in [4.78, 5) is 40.1. The van der Waals surface area contributed by atoms with E-state index < -0.39 is 59.6 Å². The molecule has 1 fully saturated rings. The van der Waals surface area contributed by atoms with Gasteiger partial charge in [-0.05, 0) is 59.5 Å². The molecule has 13 heteroatoms. The van der Waals surface area contributed by atoms with E-state index in [0.717, 1.165) is 23.3 Å². The van der Waals surface area contributed by atoms with Gasteiger partial charge in [-0.15, -0.1) is 0 Å². The summed E-state index contributed by atoms with van der Waals surface area (Å²) < 4.78 is 82.5. The number of anilines is 1. The van der Waals surface area contributed by atoms with Gasteiger partial charge in [-0.2, -0.15) is 13.2 Å². The Kier molecular flexibility index (Phi) is 9.39. The highest BCUT2D eigenvalue weighted by Gasteiger charge is 2.46. The third kappa shape index (κ3) is 6.57. The maximum Gasteiger partial charge on any atom is 0.411 e. The van der Waals surface area contributed by atoms with Crippen LogP contribution in [0, 0.1) is 25.5 Å². The van der Waals surface area contributed by atoms with Gasteiger partial charge < -0.3 is 24.3 Å². The van der Waals surface area contributed by atoms with Crippen molar-refractivity contribution in [2.45, 2.75) is 38.5 Å². The van der Waals surface area contributed by atoms with E-state index in [1.165, 1.54) is 0 Å². The van der Waals surface area contributed by atoms with Crippen LogP contribution < -0.4 is 15.8 Å². The normalized spacial score (nSPS) is 15.9. The topological polar surface area (TPSA) is 89.9 Å². The van der Waals surface area contributed by atoms with E-state index in [1.807, 2.05) is 26.0 Å². The summed E-state index contributed by atoms with van der Waals surface area (Å²) in [6, 6.07) is 10.3. The Morgan fingerprint density at radius 1 is 1.04 bits per heavy atom. The quantitative estimate of drug-likeness (QED) is 0.212. The Morgan fingerprint density at radius 3 is 2.34 bits per heavy atom. The number of morpholine rings is 1. The Labute approximate surface area is 266 Å². The zero-order chi connectivity index (χ0) is 34.2. The number of aromatic nitrogens is 1. The summed E-state index contributed by atoms with van der Waals surface area (Å²) >= 11 is 0. The van der Waals surface area contributed by atoms with Gasteiger partial charge in [0.1, 0.15) is 29.3 Å². The van der Waals surface area contributed by atoms with Crippen molar-refractivity contribution in [3.8, 4) is 11.1 Å². The lowest BCUT2D eigenvalue weighted by atomic mass is 9.91. The van der Waals surface area contributed by atoms with E-state index in [9.17, 15) is 27.6 Å². The number of amides is 1. The molecule has 5 rings (SSSR count). The monoisotopic (exact) mass is 657 g/mol. The highest BCUT2D eigenvalue weighted by molar-refractivity contribution is 6.00. The fourth-order valence-electron chi connectivity index (χ4n) is 5.98. The van der Waals surface area contributed by atoms with Crippen molar-refractivity contribution >= 4 is 28.3 Å². The average molecular weight is 658 g/mol. The molecule has 1 saturated heterocycles. The Bertz CT molecular complexity index is 1900. The first kappa shape index (κ1) is 33.6. The van der Waals surface area contributed by atoms with Crippen LogP contribution in [-0.4, -0.2) is 61.6 Å². The molecular formula is C34H32F5N3O5. The number of carbonyl (C=O) groups excluding carboxylic acids is 2. The zero-order valence-corrected chi connectivity index (χ0v) is 26.0. The van der Waals surface area contributed by atoms with Crippen molar-refractivity contribution in [3.63, 3.8) is 0 Å². The minimum absolute atomic E-state index is 0.0875. The first-order valence-electron chi connectivity index (χ1n) is 14.7. The van der Waals surface area contributed by atoms with E-state index in [1.54, 1.807) is 41.9 Å². The number of esters is 1. The van der Waals surface area contributed by atoms with Gasteiger partial charge >= 0.3 is 12.1 Å². The highest BCUT2D eigenvalue weighted by Crippen LogP contribution is 2.34. The minimum Gasteiger partial charge on any atom is -0.467 e. The fraction of sp³-hybridized carbons (Fsp3) is 0.324. The molecule has 1 aliphatic rings. The molecule has 0 radical (unpaired) electrons. The molecular weight excluding hydrogens is 625 g/mol. The van der Waals surface area contributed by atoms with Gasteiger partial charge in [0.25, 0.3) is 11.5 Å². The van der Waals surface area contributed by atoms with Crippen molar-refractivity contribution in [3.05, 3.63) is 99.0 Å². The molecule has 0 saturated carbocycles. The summed E-state index contributed by atoms with van der Waals surface area (Å²) in [6.07, 6.45) is -4.87. The largest absolute Gasteiger partial charge is 0.467 e. The number of rotatable bonds is 7. The van der Waals surface area contributed by atoms with E-state index >= 15 is 8.78 Å². The molecule has 2 heterocycles. The molecule has 1 N–H and O–H groups in total. The molecule has 4 aromatic rings. The predicted octanol–water partition coefficient (Wildman–Crippen LogP) is 5.38. The molecule has 3 aromatic carbocycles. The highest BCUT2D eigenvalue weighted by atomic mass is 19.4. The van der Waals surface area contributed by atoms with Crippen LogP contribution in [0.3, 0.4) is 0 Å². The zero-order valence-electron chi connectivity index (χ0n) is 26.0. The fourth-order valence-corrected chi connectivity index (χ4v) is 5.98. The number of carbonyl (C=O) groups is 2. The van der Waals surface area contributed by atoms with Gasteiger partial charge in [-0.3, -0.25) is 9.59 Å². The number of hydrogen-bond acceptors (Lipinski definition) is 6. The lowest BCUT2D eigenvalue weighted by Gasteiger charge is -2.38. The van der Waals surface area contributed by atoms with Crippen molar-refractivity contribution < 1.29 is 41.0 Å². The number of ether oxygens (including phenoxy) is 2. The van der Waals surface area contributed by atoms with Crippen molar-refractivity contribution in [1.29, 1.82) is 0 Å².